The van der Waals surface area contributed by atoms with Crippen LogP contribution in [0.3, 0.4) is 0 Å². The standard InChI is InChI=1S/C14H22O2/c1-5-16-14-7-12(10(2)3)6-13(8-14)11(4)9-15/h6-8,10-11,15H,5,9H2,1-4H3. The molecule has 1 rings (SSSR count). The van der Waals surface area contributed by atoms with Gasteiger partial charge in [-0.1, -0.05) is 26.8 Å². The van der Waals surface area contributed by atoms with E-state index in [1.54, 1.807) is 0 Å². The SMILES string of the molecule is CCOc1cc(C(C)C)cc(C(C)CO)c1. The molecule has 0 aliphatic heterocycles. The molecule has 1 unspecified atom stereocenters. The molecule has 1 aromatic rings. The largest absolute Gasteiger partial charge is 0.494 e. The van der Waals surface area contributed by atoms with Crippen LogP contribution in [0.5, 0.6) is 5.75 Å². The quantitative estimate of drug-likeness (QED) is 0.828. The van der Waals surface area contributed by atoms with Gasteiger partial charge in [0.25, 0.3) is 0 Å². The predicted octanol–water partition coefficient (Wildman–Crippen LogP) is 3.30. The minimum atomic E-state index is 0.165. The molecule has 0 amide bonds. The molecule has 0 saturated carbocycles. The van der Waals surface area contributed by atoms with E-state index >= 15 is 0 Å². The molecule has 1 aromatic carbocycles. The number of aliphatic hydroxyl groups is 1. The summed E-state index contributed by atoms with van der Waals surface area (Å²) in [6.45, 7) is 9.19. The summed E-state index contributed by atoms with van der Waals surface area (Å²) in [4.78, 5) is 0. The lowest BCUT2D eigenvalue weighted by Gasteiger charge is -2.15. The Morgan fingerprint density at radius 3 is 2.25 bits per heavy atom. The molecule has 2 heteroatoms. The lowest BCUT2D eigenvalue weighted by atomic mass is 9.95. The summed E-state index contributed by atoms with van der Waals surface area (Å²) >= 11 is 0. The van der Waals surface area contributed by atoms with E-state index < -0.39 is 0 Å². The fourth-order valence-electron chi connectivity index (χ4n) is 1.62. The van der Waals surface area contributed by atoms with Gasteiger partial charge in [0.1, 0.15) is 5.75 Å². The Bertz CT molecular complexity index is 332. The van der Waals surface area contributed by atoms with Crippen molar-refractivity contribution in [1.29, 1.82) is 0 Å². The highest BCUT2D eigenvalue weighted by Crippen LogP contribution is 2.27. The highest BCUT2D eigenvalue weighted by atomic mass is 16.5. The molecule has 1 atom stereocenters. The summed E-state index contributed by atoms with van der Waals surface area (Å²) in [6.07, 6.45) is 0. The highest BCUT2D eigenvalue weighted by Gasteiger charge is 2.09. The zero-order chi connectivity index (χ0) is 12.1. The zero-order valence-corrected chi connectivity index (χ0v) is 10.7. The van der Waals surface area contributed by atoms with Gasteiger partial charge >= 0.3 is 0 Å². The van der Waals surface area contributed by atoms with E-state index in [2.05, 4.69) is 26.0 Å². The minimum absolute atomic E-state index is 0.165. The molecular weight excluding hydrogens is 200 g/mol. The van der Waals surface area contributed by atoms with Crippen LogP contribution in [0, 0.1) is 0 Å². The van der Waals surface area contributed by atoms with E-state index in [0.29, 0.717) is 12.5 Å². The molecule has 0 spiro atoms. The number of benzene rings is 1. The summed E-state index contributed by atoms with van der Waals surface area (Å²) < 4.78 is 5.55. The van der Waals surface area contributed by atoms with E-state index in [1.807, 2.05) is 19.9 Å². The molecule has 0 heterocycles. The third-order valence-electron chi connectivity index (χ3n) is 2.77. The number of ether oxygens (including phenoxy) is 1. The third-order valence-corrected chi connectivity index (χ3v) is 2.77. The first-order valence-electron chi connectivity index (χ1n) is 5.97. The molecule has 16 heavy (non-hydrogen) atoms. The molecular formula is C14H22O2. The molecule has 0 radical (unpaired) electrons. The van der Waals surface area contributed by atoms with Gasteiger partial charge in [0, 0.05) is 12.5 Å². The van der Waals surface area contributed by atoms with Gasteiger partial charge in [-0.15, -0.1) is 0 Å². The third kappa shape index (κ3) is 3.24. The average Bonchev–Trinajstić information content (AvgIpc) is 2.28. The van der Waals surface area contributed by atoms with Gasteiger partial charge in [0.05, 0.1) is 6.61 Å². The fourth-order valence-corrected chi connectivity index (χ4v) is 1.62. The van der Waals surface area contributed by atoms with Crippen LogP contribution in [0.25, 0.3) is 0 Å². The Hall–Kier alpha value is -1.02. The van der Waals surface area contributed by atoms with E-state index in [1.165, 1.54) is 5.56 Å². The van der Waals surface area contributed by atoms with Crippen LogP contribution >= 0.6 is 0 Å². The summed E-state index contributed by atoms with van der Waals surface area (Å²) in [5, 5.41) is 9.20. The van der Waals surface area contributed by atoms with Gasteiger partial charge in [0.15, 0.2) is 0 Å². The maximum Gasteiger partial charge on any atom is 0.119 e. The molecule has 90 valence electrons. The van der Waals surface area contributed by atoms with Crippen molar-refractivity contribution in [2.75, 3.05) is 13.2 Å². The first kappa shape index (κ1) is 13.0. The van der Waals surface area contributed by atoms with E-state index in [9.17, 15) is 5.11 Å². The topological polar surface area (TPSA) is 29.5 Å². The van der Waals surface area contributed by atoms with Gasteiger partial charge in [0.2, 0.25) is 0 Å². The van der Waals surface area contributed by atoms with Crippen LogP contribution in [-0.2, 0) is 0 Å². The molecule has 0 fully saturated rings. The van der Waals surface area contributed by atoms with Crippen molar-refractivity contribution in [3.63, 3.8) is 0 Å². The lowest BCUT2D eigenvalue weighted by molar-refractivity contribution is 0.272. The predicted molar refractivity (Wildman–Crippen MR) is 67.2 cm³/mol. The van der Waals surface area contributed by atoms with Crippen LogP contribution in [0.15, 0.2) is 18.2 Å². The first-order valence-corrected chi connectivity index (χ1v) is 5.97. The fraction of sp³-hybridized carbons (Fsp3) is 0.571. The second-order valence-corrected chi connectivity index (χ2v) is 4.51. The van der Waals surface area contributed by atoms with Crippen molar-refractivity contribution in [3.8, 4) is 5.75 Å². The Morgan fingerprint density at radius 1 is 1.12 bits per heavy atom. The second-order valence-electron chi connectivity index (χ2n) is 4.51. The Balaban J connectivity index is 3.08. The molecule has 1 N–H and O–H groups in total. The van der Waals surface area contributed by atoms with E-state index in [4.69, 9.17) is 4.74 Å². The van der Waals surface area contributed by atoms with Gasteiger partial charge in [-0.3, -0.25) is 0 Å². The Labute approximate surface area is 98.3 Å². The second kappa shape index (κ2) is 5.90. The van der Waals surface area contributed by atoms with Crippen LogP contribution in [0.2, 0.25) is 0 Å². The minimum Gasteiger partial charge on any atom is -0.494 e. The van der Waals surface area contributed by atoms with Crippen molar-refractivity contribution < 1.29 is 9.84 Å². The van der Waals surface area contributed by atoms with Crippen molar-refractivity contribution >= 4 is 0 Å². The number of aliphatic hydroxyl groups excluding tert-OH is 1. The number of rotatable bonds is 5. The van der Waals surface area contributed by atoms with Gasteiger partial charge in [-0.2, -0.15) is 0 Å². The maximum absolute atomic E-state index is 9.20. The first-order chi connectivity index (χ1) is 7.58. The monoisotopic (exact) mass is 222 g/mol. The van der Waals surface area contributed by atoms with Crippen LogP contribution in [0.1, 0.15) is 50.7 Å². The smallest absolute Gasteiger partial charge is 0.119 e. The highest BCUT2D eigenvalue weighted by molar-refractivity contribution is 5.37. The average molecular weight is 222 g/mol. The van der Waals surface area contributed by atoms with Gasteiger partial charge in [-0.05, 0) is 36.1 Å². The number of hydrogen-bond acceptors (Lipinski definition) is 2. The van der Waals surface area contributed by atoms with Gasteiger partial charge < -0.3 is 9.84 Å². The molecule has 2 nitrogen and oxygen atoms in total. The van der Waals surface area contributed by atoms with Crippen molar-refractivity contribution in [2.24, 2.45) is 0 Å². The van der Waals surface area contributed by atoms with Crippen molar-refractivity contribution in [2.45, 2.75) is 39.5 Å². The Morgan fingerprint density at radius 2 is 1.75 bits per heavy atom. The molecule has 0 aromatic heterocycles. The number of hydrogen-bond donors (Lipinski definition) is 1. The normalized spacial score (nSPS) is 12.9. The van der Waals surface area contributed by atoms with E-state index in [-0.39, 0.29) is 12.5 Å². The Kier molecular flexibility index (Phi) is 4.81. The van der Waals surface area contributed by atoms with Crippen molar-refractivity contribution in [1.82, 2.24) is 0 Å². The van der Waals surface area contributed by atoms with Gasteiger partial charge in [-0.25, -0.2) is 0 Å². The summed E-state index contributed by atoms with van der Waals surface area (Å²) in [5.41, 5.74) is 2.42. The lowest BCUT2D eigenvalue weighted by Crippen LogP contribution is -2.02. The zero-order valence-electron chi connectivity index (χ0n) is 10.7. The maximum atomic E-state index is 9.20. The summed E-state index contributed by atoms with van der Waals surface area (Å²) in [6, 6.07) is 6.27. The van der Waals surface area contributed by atoms with Crippen LogP contribution in [-0.4, -0.2) is 18.3 Å². The molecule has 0 bridgehead atoms. The van der Waals surface area contributed by atoms with Crippen molar-refractivity contribution in [3.05, 3.63) is 29.3 Å². The molecule has 0 aliphatic carbocycles. The summed E-state index contributed by atoms with van der Waals surface area (Å²) in [7, 11) is 0. The van der Waals surface area contributed by atoms with Crippen LogP contribution < -0.4 is 4.74 Å². The molecule has 0 saturated heterocycles. The molecule has 0 aliphatic rings. The summed E-state index contributed by atoms with van der Waals surface area (Å²) in [5.74, 6) is 1.55. The van der Waals surface area contributed by atoms with E-state index in [0.717, 1.165) is 11.3 Å². The van der Waals surface area contributed by atoms with Crippen LogP contribution in [0.4, 0.5) is 0 Å².